The van der Waals surface area contributed by atoms with Gasteiger partial charge >= 0.3 is 0 Å². The quantitative estimate of drug-likeness (QED) is 0.362. The molecule has 2 N–H and O–H groups in total. The molecule has 0 fully saturated rings. The van der Waals surface area contributed by atoms with Crippen LogP contribution < -0.4 is 10.7 Å². The molecule has 1 atom stereocenters. The molecule has 0 bridgehead atoms. The number of benzene rings is 2. The van der Waals surface area contributed by atoms with Crippen LogP contribution in [0.2, 0.25) is 5.02 Å². The summed E-state index contributed by atoms with van der Waals surface area (Å²) in [4.78, 5) is 29.6. The van der Waals surface area contributed by atoms with Crippen molar-refractivity contribution in [1.29, 1.82) is 5.26 Å². The standard InChI is InChI=1S/C27H25ClN4O3S/c1-31(16-24(33)19-7-3-17(12-29)4-8-19)14-21-11-22-25(34)23(15-32(2)27(22)36-21)26(35)30-13-18-5-9-20(28)10-6-18/h3-11,15,24,33H,13-14,16H2,1-2H3,(H,30,35)/t24-/m0/s1. The number of halogens is 1. The number of rotatable bonds is 8. The summed E-state index contributed by atoms with van der Waals surface area (Å²) in [6.45, 7) is 1.21. The molecule has 36 heavy (non-hydrogen) atoms. The van der Waals surface area contributed by atoms with Gasteiger partial charge in [-0.05, 0) is 48.5 Å². The van der Waals surface area contributed by atoms with Gasteiger partial charge in [0.25, 0.3) is 5.91 Å². The lowest BCUT2D eigenvalue weighted by atomic mass is 10.1. The Balaban J connectivity index is 1.46. The van der Waals surface area contributed by atoms with E-state index in [1.165, 1.54) is 11.3 Å². The normalized spacial score (nSPS) is 12.0. The number of nitrogens with zero attached hydrogens (tertiary/aromatic N) is 3. The molecule has 1 amide bonds. The molecule has 4 rings (SSSR count). The van der Waals surface area contributed by atoms with E-state index < -0.39 is 12.0 Å². The predicted molar refractivity (Wildman–Crippen MR) is 142 cm³/mol. The predicted octanol–water partition coefficient (Wildman–Crippen LogP) is 4.22. The molecule has 2 aromatic heterocycles. The number of carbonyl (C=O) groups excluding carboxylic acids is 1. The minimum Gasteiger partial charge on any atom is -0.387 e. The highest BCUT2D eigenvalue weighted by Gasteiger charge is 2.18. The first-order valence-corrected chi connectivity index (χ1v) is 12.5. The number of likely N-dealkylation sites (N-methyl/N-ethyl adjacent to an activating group) is 1. The Morgan fingerprint density at radius 3 is 2.58 bits per heavy atom. The number of aliphatic hydroxyl groups is 1. The molecule has 0 aliphatic rings. The van der Waals surface area contributed by atoms with E-state index in [9.17, 15) is 14.7 Å². The second-order valence-electron chi connectivity index (χ2n) is 8.67. The van der Waals surface area contributed by atoms with E-state index in [1.807, 2.05) is 37.2 Å². The van der Waals surface area contributed by atoms with Crippen LogP contribution in [0, 0.1) is 11.3 Å². The molecule has 9 heteroatoms. The summed E-state index contributed by atoms with van der Waals surface area (Å²) in [6.07, 6.45) is 0.861. The highest BCUT2D eigenvalue weighted by atomic mass is 35.5. The number of carbonyl (C=O) groups is 1. The second-order valence-corrected chi connectivity index (χ2v) is 10.2. The molecular weight excluding hydrogens is 496 g/mol. The van der Waals surface area contributed by atoms with Gasteiger partial charge in [0.2, 0.25) is 5.43 Å². The van der Waals surface area contributed by atoms with E-state index >= 15 is 0 Å². The SMILES string of the molecule is CN(Cc1cc2c(=O)c(C(=O)NCc3ccc(Cl)cc3)cn(C)c2s1)C[C@H](O)c1ccc(C#N)cc1. The van der Waals surface area contributed by atoms with Gasteiger partial charge in [0.1, 0.15) is 10.4 Å². The molecule has 0 unspecified atom stereocenters. The van der Waals surface area contributed by atoms with Crippen molar-refractivity contribution in [1.82, 2.24) is 14.8 Å². The first-order chi connectivity index (χ1) is 17.2. The van der Waals surface area contributed by atoms with Gasteiger partial charge in [-0.15, -0.1) is 11.3 Å². The minimum atomic E-state index is -0.709. The molecule has 4 aromatic rings. The number of aliphatic hydroxyl groups excluding tert-OH is 1. The van der Waals surface area contributed by atoms with Crippen molar-refractivity contribution in [3.63, 3.8) is 0 Å². The summed E-state index contributed by atoms with van der Waals surface area (Å²) < 4.78 is 1.80. The third-order valence-corrected chi connectivity index (χ3v) is 7.30. The van der Waals surface area contributed by atoms with Crippen LogP contribution in [0.5, 0.6) is 0 Å². The third kappa shape index (κ3) is 5.83. The lowest BCUT2D eigenvalue weighted by Gasteiger charge is -2.20. The van der Waals surface area contributed by atoms with Crippen molar-refractivity contribution in [3.8, 4) is 6.07 Å². The van der Waals surface area contributed by atoms with E-state index in [2.05, 4.69) is 11.4 Å². The molecule has 0 spiro atoms. The fourth-order valence-electron chi connectivity index (χ4n) is 3.94. The summed E-state index contributed by atoms with van der Waals surface area (Å²) >= 11 is 7.39. The van der Waals surface area contributed by atoms with E-state index in [4.69, 9.17) is 16.9 Å². The zero-order valence-corrected chi connectivity index (χ0v) is 21.4. The summed E-state index contributed by atoms with van der Waals surface area (Å²) in [6, 6.07) is 17.9. The van der Waals surface area contributed by atoms with Crippen LogP contribution in [-0.4, -0.2) is 34.1 Å². The van der Waals surface area contributed by atoms with Gasteiger partial charge in [-0.3, -0.25) is 14.5 Å². The van der Waals surface area contributed by atoms with Gasteiger partial charge in [-0.2, -0.15) is 5.26 Å². The first kappa shape index (κ1) is 25.6. The van der Waals surface area contributed by atoms with Gasteiger partial charge in [0.05, 0.1) is 23.1 Å². The maximum atomic E-state index is 13.1. The highest BCUT2D eigenvalue weighted by Crippen LogP contribution is 2.25. The average molecular weight is 521 g/mol. The smallest absolute Gasteiger partial charge is 0.257 e. The van der Waals surface area contributed by atoms with Crippen LogP contribution in [0.25, 0.3) is 10.2 Å². The molecule has 0 radical (unpaired) electrons. The summed E-state index contributed by atoms with van der Waals surface area (Å²) in [5.41, 5.74) is 1.95. The molecule has 184 valence electrons. The molecular formula is C27H25ClN4O3S. The average Bonchev–Trinajstić information content (AvgIpc) is 3.30. The van der Waals surface area contributed by atoms with Gasteiger partial charge in [-0.25, -0.2) is 0 Å². The van der Waals surface area contributed by atoms with Crippen molar-refractivity contribution in [2.24, 2.45) is 7.05 Å². The van der Waals surface area contributed by atoms with Gasteiger partial charge in [-0.1, -0.05) is 35.9 Å². The molecule has 0 saturated heterocycles. The zero-order chi connectivity index (χ0) is 25.8. The minimum absolute atomic E-state index is 0.0907. The van der Waals surface area contributed by atoms with Crippen LogP contribution in [-0.2, 0) is 20.1 Å². The largest absolute Gasteiger partial charge is 0.387 e. The third-order valence-electron chi connectivity index (χ3n) is 5.84. The lowest BCUT2D eigenvalue weighted by Crippen LogP contribution is -2.29. The number of thiophene rings is 1. The Morgan fingerprint density at radius 2 is 1.92 bits per heavy atom. The molecule has 0 saturated carbocycles. The number of nitrogens with one attached hydrogen (secondary N) is 1. The van der Waals surface area contributed by atoms with Gasteiger partial charge in [0.15, 0.2) is 0 Å². The first-order valence-electron chi connectivity index (χ1n) is 11.3. The Bertz CT molecular complexity index is 1490. The van der Waals surface area contributed by atoms with Gasteiger partial charge < -0.3 is 15.0 Å². The van der Waals surface area contributed by atoms with Crippen LogP contribution >= 0.6 is 22.9 Å². The fourth-order valence-corrected chi connectivity index (χ4v) is 5.24. The maximum absolute atomic E-state index is 13.1. The Morgan fingerprint density at radius 1 is 1.22 bits per heavy atom. The number of fused-ring (bicyclic) bond motifs is 1. The van der Waals surface area contributed by atoms with E-state index in [0.29, 0.717) is 35.6 Å². The van der Waals surface area contributed by atoms with E-state index in [1.54, 1.807) is 47.2 Å². The molecule has 2 aromatic carbocycles. The fraction of sp³-hybridized carbons (Fsp3) is 0.222. The van der Waals surface area contributed by atoms with Crippen LogP contribution in [0.3, 0.4) is 0 Å². The zero-order valence-electron chi connectivity index (χ0n) is 19.9. The van der Waals surface area contributed by atoms with Crippen molar-refractivity contribution in [3.05, 3.63) is 103 Å². The number of pyridine rings is 1. The van der Waals surface area contributed by atoms with Crippen molar-refractivity contribution in [2.75, 3.05) is 13.6 Å². The molecule has 2 heterocycles. The van der Waals surface area contributed by atoms with Crippen molar-refractivity contribution < 1.29 is 9.90 Å². The number of hydrogen-bond acceptors (Lipinski definition) is 6. The van der Waals surface area contributed by atoms with Crippen LogP contribution in [0.4, 0.5) is 0 Å². The number of nitriles is 1. The number of hydrogen-bond donors (Lipinski definition) is 2. The summed E-state index contributed by atoms with van der Waals surface area (Å²) in [7, 11) is 3.71. The molecule has 0 aliphatic heterocycles. The molecule has 7 nitrogen and oxygen atoms in total. The lowest BCUT2D eigenvalue weighted by molar-refractivity contribution is 0.0949. The van der Waals surface area contributed by atoms with E-state index in [-0.39, 0.29) is 11.0 Å². The van der Waals surface area contributed by atoms with Crippen LogP contribution in [0.1, 0.15) is 38.0 Å². The van der Waals surface area contributed by atoms with E-state index in [0.717, 1.165) is 20.8 Å². The number of aromatic nitrogens is 1. The Labute approximate surface area is 217 Å². The molecule has 0 aliphatic carbocycles. The summed E-state index contributed by atoms with van der Waals surface area (Å²) in [5, 5.41) is 23.4. The Hall–Kier alpha value is -3.48. The summed E-state index contributed by atoms with van der Waals surface area (Å²) in [5.74, 6) is -0.428. The van der Waals surface area contributed by atoms with Crippen molar-refractivity contribution in [2.45, 2.75) is 19.2 Å². The monoisotopic (exact) mass is 520 g/mol. The Kier molecular flexibility index (Phi) is 7.87. The van der Waals surface area contributed by atoms with Crippen molar-refractivity contribution >= 4 is 39.1 Å². The number of aryl methyl sites for hydroxylation is 1. The maximum Gasteiger partial charge on any atom is 0.257 e. The van der Waals surface area contributed by atoms with Crippen LogP contribution in [0.15, 0.2) is 65.6 Å². The second kappa shape index (κ2) is 11.1. The van der Waals surface area contributed by atoms with Gasteiger partial charge in [0, 0.05) is 42.8 Å². The highest BCUT2D eigenvalue weighted by molar-refractivity contribution is 7.18. The topological polar surface area (TPSA) is 98.4 Å². The number of amides is 1.